The van der Waals surface area contributed by atoms with E-state index < -0.39 is 0 Å². The Morgan fingerprint density at radius 3 is 2.87 bits per heavy atom. The molecule has 0 aromatic carbocycles. The molecule has 0 spiro atoms. The number of hydrogen-bond donors (Lipinski definition) is 2. The summed E-state index contributed by atoms with van der Waals surface area (Å²) in [7, 11) is 0. The maximum Gasteiger partial charge on any atom is 0.237 e. The molecule has 1 amide bonds. The number of aromatic nitrogens is 2. The van der Waals surface area contributed by atoms with Crippen LogP contribution in [0.5, 0.6) is 0 Å². The third kappa shape index (κ3) is 4.78. The summed E-state index contributed by atoms with van der Waals surface area (Å²) in [6, 6.07) is 1.97. The van der Waals surface area contributed by atoms with Crippen molar-refractivity contribution in [2.75, 3.05) is 24.5 Å². The molecule has 2 fully saturated rings. The molecule has 3 atom stereocenters. The third-order valence-corrected chi connectivity index (χ3v) is 4.59. The number of carbonyl (C=O) groups excluding carboxylic acids is 1. The molecule has 3 heterocycles. The molecule has 2 N–H and O–H groups in total. The van der Waals surface area contributed by atoms with E-state index in [0.29, 0.717) is 5.92 Å². The summed E-state index contributed by atoms with van der Waals surface area (Å²) in [6.07, 6.45) is 7.70. The molecule has 1 aromatic heterocycles. The zero-order chi connectivity index (χ0) is 15.4. The van der Waals surface area contributed by atoms with Crippen molar-refractivity contribution in [2.24, 2.45) is 5.92 Å². The maximum atomic E-state index is 12.4. The Morgan fingerprint density at radius 2 is 2.13 bits per heavy atom. The fourth-order valence-electron chi connectivity index (χ4n) is 3.34. The quantitative estimate of drug-likeness (QED) is 0.870. The Labute approximate surface area is 143 Å². The molecule has 7 heteroatoms. The first-order valence-corrected chi connectivity index (χ1v) is 8.28. The number of amides is 1. The summed E-state index contributed by atoms with van der Waals surface area (Å²) in [5.74, 6) is 1.52. The largest absolute Gasteiger partial charge is 0.350 e. The van der Waals surface area contributed by atoms with Crippen LogP contribution in [-0.4, -0.2) is 47.6 Å². The molecule has 0 bridgehead atoms. The number of halogens is 1. The highest BCUT2D eigenvalue weighted by molar-refractivity contribution is 5.85. The Hall–Kier alpha value is -1.40. The van der Waals surface area contributed by atoms with E-state index in [-0.39, 0.29) is 30.4 Å². The molecule has 23 heavy (non-hydrogen) atoms. The number of piperidine rings is 2. The Bertz CT molecular complexity index is 501. The molecule has 1 aromatic rings. The van der Waals surface area contributed by atoms with E-state index in [0.717, 1.165) is 51.3 Å². The molecule has 3 rings (SSSR count). The standard InChI is InChI=1S/C16H25N5O.ClH/c1-12-5-8-17-14(10-12)15(22)20-13-4-2-9-21(11-13)16-18-6-3-7-19-16;/h3,6-7,12-14,17H,2,4-5,8-11H2,1H3,(H,20,22);1H. The molecule has 0 saturated carbocycles. The smallest absolute Gasteiger partial charge is 0.237 e. The number of nitrogens with zero attached hydrogens (tertiary/aromatic N) is 3. The van der Waals surface area contributed by atoms with E-state index in [2.05, 4.69) is 32.4 Å². The van der Waals surface area contributed by atoms with Crippen molar-refractivity contribution in [2.45, 2.75) is 44.7 Å². The second-order valence-electron chi connectivity index (χ2n) is 6.48. The van der Waals surface area contributed by atoms with E-state index in [1.54, 1.807) is 12.4 Å². The Morgan fingerprint density at radius 1 is 1.35 bits per heavy atom. The van der Waals surface area contributed by atoms with E-state index in [1.165, 1.54) is 0 Å². The van der Waals surface area contributed by atoms with Gasteiger partial charge in [-0.1, -0.05) is 6.92 Å². The lowest BCUT2D eigenvalue weighted by Crippen LogP contribution is -2.54. The number of carbonyl (C=O) groups is 1. The molecule has 2 aliphatic rings. The van der Waals surface area contributed by atoms with Crippen molar-refractivity contribution in [3.05, 3.63) is 18.5 Å². The topological polar surface area (TPSA) is 70.2 Å². The predicted octanol–water partition coefficient (Wildman–Crippen LogP) is 1.37. The second kappa shape index (κ2) is 8.45. The maximum absolute atomic E-state index is 12.4. The average Bonchev–Trinajstić information content (AvgIpc) is 2.56. The SMILES string of the molecule is CC1CCNC(C(=O)NC2CCCN(c3ncccn3)C2)C1.Cl. The Kier molecular flexibility index (Phi) is 6.59. The lowest BCUT2D eigenvalue weighted by Gasteiger charge is -2.35. The highest BCUT2D eigenvalue weighted by atomic mass is 35.5. The summed E-state index contributed by atoms with van der Waals surface area (Å²) in [5.41, 5.74) is 0. The van der Waals surface area contributed by atoms with Crippen LogP contribution in [0.3, 0.4) is 0 Å². The van der Waals surface area contributed by atoms with Crippen molar-refractivity contribution >= 4 is 24.3 Å². The first kappa shape index (κ1) is 17.9. The van der Waals surface area contributed by atoms with E-state index in [4.69, 9.17) is 0 Å². The molecule has 2 aliphatic heterocycles. The van der Waals surface area contributed by atoms with Gasteiger partial charge in [-0.25, -0.2) is 9.97 Å². The van der Waals surface area contributed by atoms with E-state index in [9.17, 15) is 4.79 Å². The van der Waals surface area contributed by atoms with Crippen LogP contribution in [0.2, 0.25) is 0 Å². The minimum atomic E-state index is -0.0351. The first-order chi connectivity index (χ1) is 10.7. The molecular weight excluding hydrogens is 314 g/mol. The average molecular weight is 340 g/mol. The van der Waals surface area contributed by atoms with Gasteiger partial charge in [0.05, 0.1) is 6.04 Å². The molecule has 0 radical (unpaired) electrons. The van der Waals surface area contributed by atoms with Crippen LogP contribution in [0.4, 0.5) is 5.95 Å². The van der Waals surface area contributed by atoms with Gasteiger partial charge < -0.3 is 15.5 Å². The highest BCUT2D eigenvalue weighted by Gasteiger charge is 2.28. The lowest BCUT2D eigenvalue weighted by molar-refractivity contribution is -0.124. The molecular formula is C16H26ClN5O. The number of nitrogens with one attached hydrogen (secondary N) is 2. The second-order valence-corrected chi connectivity index (χ2v) is 6.48. The van der Waals surface area contributed by atoms with Gasteiger partial charge in [-0.05, 0) is 44.2 Å². The van der Waals surface area contributed by atoms with Gasteiger partial charge in [0.1, 0.15) is 0 Å². The fourth-order valence-corrected chi connectivity index (χ4v) is 3.34. The fraction of sp³-hybridized carbons (Fsp3) is 0.688. The van der Waals surface area contributed by atoms with Gasteiger partial charge in [0, 0.05) is 31.5 Å². The number of hydrogen-bond acceptors (Lipinski definition) is 5. The zero-order valence-corrected chi connectivity index (χ0v) is 14.4. The van der Waals surface area contributed by atoms with Crippen molar-refractivity contribution in [3.8, 4) is 0 Å². The van der Waals surface area contributed by atoms with E-state index >= 15 is 0 Å². The lowest BCUT2D eigenvalue weighted by atomic mass is 9.93. The van der Waals surface area contributed by atoms with Crippen LogP contribution in [0.15, 0.2) is 18.5 Å². The van der Waals surface area contributed by atoms with Crippen molar-refractivity contribution in [3.63, 3.8) is 0 Å². The van der Waals surface area contributed by atoms with Gasteiger partial charge in [-0.2, -0.15) is 0 Å². The van der Waals surface area contributed by atoms with Crippen molar-refractivity contribution < 1.29 is 4.79 Å². The summed E-state index contributed by atoms with van der Waals surface area (Å²) >= 11 is 0. The van der Waals surface area contributed by atoms with Crippen LogP contribution in [-0.2, 0) is 4.79 Å². The zero-order valence-electron chi connectivity index (χ0n) is 13.6. The molecule has 6 nitrogen and oxygen atoms in total. The van der Waals surface area contributed by atoms with Gasteiger partial charge in [-0.3, -0.25) is 4.79 Å². The van der Waals surface area contributed by atoms with Crippen LogP contribution >= 0.6 is 12.4 Å². The summed E-state index contributed by atoms with van der Waals surface area (Å²) in [5, 5.41) is 6.54. The van der Waals surface area contributed by atoms with Gasteiger partial charge in [0.25, 0.3) is 0 Å². The van der Waals surface area contributed by atoms with Gasteiger partial charge in [-0.15, -0.1) is 12.4 Å². The first-order valence-electron chi connectivity index (χ1n) is 8.28. The highest BCUT2D eigenvalue weighted by Crippen LogP contribution is 2.17. The third-order valence-electron chi connectivity index (χ3n) is 4.59. The summed E-state index contributed by atoms with van der Waals surface area (Å²) in [4.78, 5) is 23.2. The minimum absolute atomic E-state index is 0. The van der Waals surface area contributed by atoms with Crippen molar-refractivity contribution in [1.29, 1.82) is 0 Å². The molecule has 0 aliphatic carbocycles. The van der Waals surface area contributed by atoms with Gasteiger partial charge in [0.15, 0.2) is 0 Å². The van der Waals surface area contributed by atoms with Crippen LogP contribution in [0.25, 0.3) is 0 Å². The monoisotopic (exact) mass is 339 g/mol. The molecule has 128 valence electrons. The summed E-state index contributed by atoms with van der Waals surface area (Å²) in [6.45, 7) is 4.90. The summed E-state index contributed by atoms with van der Waals surface area (Å²) < 4.78 is 0. The van der Waals surface area contributed by atoms with Crippen LogP contribution in [0, 0.1) is 5.92 Å². The van der Waals surface area contributed by atoms with Gasteiger partial charge >= 0.3 is 0 Å². The number of rotatable bonds is 3. The van der Waals surface area contributed by atoms with Crippen molar-refractivity contribution in [1.82, 2.24) is 20.6 Å². The van der Waals surface area contributed by atoms with Crippen LogP contribution in [0.1, 0.15) is 32.6 Å². The van der Waals surface area contributed by atoms with E-state index in [1.807, 2.05) is 6.07 Å². The number of anilines is 1. The molecule has 3 unspecified atom stereocenters. The van der Waals surface area contributed by atoms with Crippen LogP contribution < -0.4 is 15.5 Å². The normalized spacial score (nSPS) is 27.9. The van der Waals surface area contributed by atoms with Gasteiger partial charge in [0.2, 0.25) is 11.9 Å². The Balaban J connectivity index is 0.00000192. The minimum Gasteiger partial charge on any atom is -0.350 e. The molecule has 2 saturated heterocycles. The predicted molar refractivity (Wildman–Crippen MR) is 92.8 cm³/mol.